The van der Waals surface area contributed by atoms with Crippen molar-refractivity contribution in [1.29, 1.82) is 5.26 Å². The molecule has 0 saturated carbocycles. The molecule has 35 heavy (non-hydrogen) atoms. The number of para-hydroxylation sites is 2. The SMILES string of the molecule is Cc1cc(F)ccc1S(=O)(=O)Nc1ccccc1C(=O)OCC(=O)N(CCC#N)c1ccccc1. The highest BCUT2D eigenvalue weighted by molar-refractivity contribution is 7.92. The molecule has 0 aliphatic heterocycles. The molecule has 0 atom stereocenters. The van der Waals surface area contributed by atoms with Gasteiger partial charge in [-0.15, -0.1) is 0 Å². The number of carbonyl (C=O) groups is 2. The molecule has 0 fully saturated rings. The van der Waals surface area contributed by atoms with Crippen molar-refractivity contribution < 1.29 is 27.1 Å². The maximum absolute atomic E-state index is 13.4. The average Bonchev–Trinajstić information content (AvgIpc) is 2.83. The Labute approximate surface area is 202 Å². The van der Waals surface area contributed by atoms with Gasteiger partial charge in [0, 0.05) is 12.2 Å². The van der Waals surface area contributed by atoms with Crippen LogP contribution < -0.4 is 9.62 Å². The van der Waals surface area contributed by atoms with Crippen molar-refractivity contribution in [3.63, 3.8) is 0 Å². The first-order valence-corrected chi connectivity index (χ1v) is 12.0. The van der Waals surface area contributed by atoms with Gasteiger partial charge in [0.25, 0.3) is 15.9 Å². The lowest BCUT2D eigenvalue weighted by Gasteiger charge is -2.21. The molecule has 3 aromatic carbocycles. The van der Waals surface area contributed by atoms with Crippen LogP contribution in [0.5, 0.6) is 0 Å². The van der Waals surface area contributed by atoms with Crippen LogP contribution in [0.3, 0.4) is 0 Å². The van der Waals surface area contributed by atoms with Crippen molar-refractivity contribution >= 4 is 33.3 Å². The van der Waals surface area contributed by atoms with E-state index in [-0.39, 0.29) is 34.7 Å². The fourth-order valence-corrected chi connectivity index (χ4v) is 4.62. The molecule has 1 amide bonds. The van der Waals surface area contributed by atoms with Crippen molar-refractivity contribution in [1.82, 2.24) is 0 Å². The van der Waals surface area contributed by atoms with Crippen molar-refractivity contribution in [3.8, 4) is 6.07 Å². The van der Waals surface area contributed by atoms with E-state index in [9.17, 15) is 22.4 Å². The number of sulfonamides is 1. The van der Waals surface area contributed by atoms with E-state index in [2.05, 4.69) is 4.72 Å². The highest BCUT2D eigenvalue weighted by Crippen LogP contribution is 2.23. The summed E-state index contributed by atoms with van der Waals surface area (Å²) in [4.78, 5) is 26.7. The maximum Gasteiger partial charge on any atom is 0.340 e. The molecule has 0 unspecified atom stereocenters. The van der Waals surface area contributed by atoms with Gasteiger partial charge in [-0.05, 0) is 55.0 Å². The van der Waals surface area contributed by atoms with Crippen LogP contribution >= 0.6 is 0 Å². The standard InChI is InChI=1S/C25H22FN3O5S/c1-18-16-19(26)12-13-23(18)35(32,33)28-22-11-6-5-10-21(22)25(31)34-17-24(30)29(15-7-14-27)20-8-3-2-4-9-20/h2-6,8-13,16,28H,7,15,17H2,1H3. The minimum atomic E-state index is -4.14. The van der Waals surface area contributed by atoms with Gasteiger partial charge < -0.3 is 9.64 Å². The molecule has 0 heterocycles. The molecule has 1 N–H and O–H groups in total. The van der Waals surface area contributed by atoms with Gasteiger partial charge in [0.15, 0.2) is 6.61 Å². The van der Waals surface area contributed by atoms with Gasteiger partial charge >= 0.3 is 5.97 Å². The van der Waals surface area contributed by atoms with Crippen LogP contribution in [-0.2, 0) is 19.6 Å². The molecular weight excluding hydrogens is 473 g/mol. The first kappa shape index (κ1) is 25.4. The number of rotatable bonds is 9. The Bertz CT molecular complexity index is 1370. The van der Waals surface area contributed by atoms with Crippen LogP contribution in [0, 0.1) is 24.1 Å². The Hall–Kier alpha value is -4.23. The van der Waals surface area contributed by atoms with Gasteiger partial charge in [0.05, 0.1) is 28.6 Å². The van der Waals surface area contributed by atoms with Crippen LogP contribution in [0.25, 0.3) is 0 Å². The van der Waals surface area contributed by atoms with Gasteiger partial charge in [-0.2, -0.15) is 5.26 Å². The van der Waals surface area contributed by atoms with Crippen molar-refractivity contribution in [2.24, 2.45) is 0 Å². The van der Waals surface area contributed by atoms with Crippen LogP contribution in [0.2, 0.25) is 0 Å². The summed E-state index contributed by atoms with van der Waals surface area (Å²) in [5, 5.41) is 8.90. The number of carbonyl (C=O) groups excluding carboxylic acids is 2. The number of hydrogen-bond donors (Lipinski definition) is 1. The third-order valence-electron chi connectivity index (χ3n) is 4.96. The Morgan fingerprint density at radius 1 is 1.06 bits per heavy atom. The van der Waals surface area contributed by atoms with E-state index in [1.807, 2.05) is 6.07 Å². The lowest BCUT2D eigenvalue weighted by Crippen LogP contribution is -2.35. The number of nitrogens with one attached hydrogen (secondary N) is 1. The molecule has 180 valence electrons. The second-order valence-corrected chi connectivity index (χ2v) is 9.08. The minimum Gasteiger partial charge on any atom is -0.452 e. The molecule has 0 saturated heterocycles. The molecule has 0 aliphatic carbocycles. The second-order valence-electron chi connectivity index (χ2n) is 7.43. The third kappa shape index (κ3) is 6.43. The number of hydrogen-bond acceptors (Lipinski definition) is 6. The summed E-state index contributed by atoms with van der Waals surface area (Å²) in [5.74, 6) is -2.03. The van der Waals surface area contributed by atoms with Crippen LogP contribution in [0.1, 0.15) is 22.3 Å². The van der Waals surface area contributed by atoms with E-state index >= 15 is 0 Å². The molecule has 0 radical (unpaired) electrons. The first-order valence-electron chi connectivity index (χ1n) is 10.5. The second kappa shape index (κ2) is 11.3. The number of halogens is 1. The summed E-state index contributed by atoms with van der Waals surface area (Å²) in [6.07, 6.45) is 0.0853. The van der Waals surface area contributed by atoms with Crippen LogP contribution in [0.15, 0.2) is 77.7 Å². The van der Waals surface area contributed by atoms with E-state index in [1.54, 1.807) is 30.3 Å². The topological polar surface area (TPSA) is 117 Å². The largest absolute Gasteiger partial charge is 0.452 e. The Kier molecular flexibility index (Phi) is 8.17. The highest BCUT2D eigenvalue weighted by Gasteiger charge is 2.23. The summed E-state index contributed by atoms with van der Waals surface area (Å²) < 4.78 is 46.6. The van der Waals surface area contributed by atoms with Crippen molar-refractivity contribution in [2.75, 3.05) is 22.8 Å². The number of benzene rings is 3. The van der Waals surface area contributed by atoms with Crippen LogP contribution in [0.4, 0.5) is 15.8 Å². The number of nitrogens with zero attached hydrogens (tertiary/aromatic N) is 2. The zero-order chi connectivity index (χ0) is 25.4. The molecule has 0 aliphatic rings. The van der Waals surface area contributed by atoms with Gasteiger partial charge in [-0.25, -0.2) is 17.6 Å². The molecule has 0 aromatic heterocycles. The summed E-state index contributed by atoms with van der Waals surface area (Å²) in [6.45, 7) is 0.954. The summed E-state index contributed by atoms with van der Waals surface area (Å²) in [6, 6.07) is 19.6. The van der Waals surface area contributed by atoms with Crippen LogP contribution in [-0.4, -0.2) is 33.4 Å². The van der Waals surface area contributed by atoms with Crippen molar-refractivity contribution in [3.05, 3.63) is 89.7 Å². The molecule has 3 rings (SSSR count). The zero-order valence-electron chi connectivity index (χ0n) is 18.8. The number of ether oxygens (including phenoxy) is 1. The number of esters is 1. The van der Waals surface area contributed by atoms with E-state index < -0.39 is 34.3 Å². The molecule has 0 bridgehead atoms. The van der Waals surface area contributed by atoms with E-state index in [0.717, 1.165) is 18.2 Å². The predicted octanol–water partition coefficient (Wildman–Crippen LogP) is 4.04. The molecule has 3 aromatic rings. The van der Waals surface area contributed by atoms with Gasteiger partial charge in [-0.3, -0.25) is 9.52 Å². The van der Waals surface area contributed by atoms with E-state index in [0.29, 0.717) is 5.69 Å². The van der Waals surface area contributed by atoms with E-state index in [4.69, 9.17) is 10.00 Å². The number of amides is 1. The number of anilines is 2. The molecular formula is C25H22FN3O5S. The smallest absolute Gasteiger partial charge is 0.340 e. The Morgan fingerprint density at radius 2 is 1.74 bits per heavy atom. The van der Waals surface area contributed by atoms with Gasteiger partial charge in [-0.1, -0.05) is 30.3 Å². The summed E-state index contributed by atoms with van der Waals surface area (Å²) in [7, 11) is -4.14. The fourth-order valence-electron chi connectivity index (χ4n) is 3.31. The first-order chi connectivity index (χ1) is 16.7. The molecule has 8 nitrogen and oxygen atoms in total. The number of aryl methyl sites for hydroxylation is 1. The van der Waals surface area contributed by atoms with Gasteiger partial charge in [0.2, 0.25) is 0 Å². The summed E-state index contributed by atoms with van der Waals surface area (Å²) in [5.41, 5.74) is 0.582. The Morgan fingerprint density at radius 3 is 2.43 bits per heavy atom. The van der Waals surface area contributed by atoms with Gasteiger partial charge in [0.1, 0.15) is 5.82 Å². The number of nitriles is 1. The lowest BCUT2D eigenvalue weighted by molar-refractivity contribution is -0.121. The van der Waals surface area contributed by atoms with E-state index in [1.165, 1.54) is 36.1 Å². The zero-order valence-corrected chi connectivity index (χ0v) is 19.6. The predicted molar refractivity (Wildman–Crippen MR) is 128 cm³/mol. The summed E-state index contributed by atoms with van der Waals surface area (Å²) >= 11 is 0. The molecule has 10 heteroatoms. The van der Waals surface area contributed by atoms with Crippen molar-refractivity contribution in [2.45, 2.75) is 18.2 Å². The normalized spacial score (nSPS) is 10.8. The minimum absolute atomic E-state index is 0.0573. The fraction of sp³-hybridized carbons (Fsp3) is 0.160. The lowest BCUT2D eigenvalue weighted by atomic mass is 10.2. The molecule has 0 spiro atoms. The maximum atomic E-state index is 13.4. The third-order valence-corrected chi connectivity index (χ3v) is 6.49. The monoisotopic (exact) mass is 495 g/mol. The Balaban J connectivity index is 1.76. The average molecular weight is 496 g/mol. The quantitative estimate of drug-likeness (QED) is 0.448. The highest BCUT2D eigenvalue weighted by atomic mass is 32.2.